The summed E-state index contributed by atoms with van der Waals surface area (Å²) in [5.41, 5.74) is 0. The summed E-state index contributed by atoms with van der Waals surface area (Å²) < 4.78 is 40.7. The fraction of sp³-hybridized carbons (Fsp3) is 0.500. The molecule has 0 atom stereocenters. The summed E-state index contributed by atoms with van der Waals surface area (Å²) in [6.07, 6.45) is 4.13. The van der Waals surface area contributed by atoms with Crippen molar-refractivity contribution in [2.24, 2.45) is 0 Å². The van der Waals surface area contributed by atoms with Crippen molar-refractivity contribution in [1.29, 1.82) is 0 Å². The minimum Gasteiger partial charge on any atom is -0.491 e. The Labute approximate surface area is 111 Å². The Balaban J connectivity index is 2.58. The van der Waals surface area contributed by atoms with Crippen LogP contribution in [0.15, 0.2) is 23.1 Å². The first kappa shape index (κ1) is 15.2. The van der Waals surface area contributed by atoms with Crippen molar-refractivity contribution >= 4 is 19.7 Å². The van der Waals surface area contributed by atoms with Crippen LogP contribution in [-0.4, -0.2) is 15.0 Å². The molecule has 3 nitrogen and oxygen atoms in total. The molecule has 0 aliphatic rings. The van der Waals surface area contributed by atoms with Crippen molar-refractivity contribution in [3.8, 4) is 5.75 Å². The van der Waals surface area contributed by atoms with E-state index in [0.29, 0.717) is 6.61 Å². The number of halogens is 2. The number of rotatable bonds is 7. The van der Waals surface area contributed by atoms with Gasteiger partial charge in [0.2, 0.25) is 0 Å². The molecule has 0 aliphatic carbocycles. The highest BCUT2D eigenvalue weighted by Gasteiger charge is 2.13. The Morgan fingerprint density at radius 2 is 2.00 bits per heavy atom. The number of unbranched alkanes of at least 4 members (excludes halogenated alkanes) is 3. The molecule has 1 rings (SSSR count). The van der Waals surface area contributed by atoms with E-state index in [2.05, 4.69) is 6.92 Å². The quantitative estimate of drug-likeness (QED) is 0.569. The van der Waals surface area contributed by atoms with E-state index in [1.54, 1.807) is 0 Å². The molecule has 1 aromatic carbocycles. The molecule has 0 unspecified atom stereocenters. The predicted molar refractivity (Wildman–Crippen MR) is 69.1 cm³/mol. The second-order valence-electron chi connectivity index (χ2n) is 3.94. The van der Waals surface area contributed by atoms with Gasteiger partial charge in [0.15, 0.2) is 11.6 Å². The zero-order valence-electron chi connectivity index (χ0n) is 10.2. The summed E-state index contributed by atoms with van der Waals surface area (Å²) >= 11 is 0. The van der Waals surface area contributed by atoms with Crippen molar-refractivity contribution in [1.82, 2.24) is 0 Å². The van der Waals surface area contributed by atoms with E-state index in [0.717, 1.165) is 31.7 Å². The van der Waals surface area contributed by atoms with Gasteiger partial charge in [-0.25, -0.2) is 12.8 Å². The van der Waals surface area contributed by atoms with Gasteiger partial charge in [0.05, 0.1) is 11.5 Å². The van der Waals surface area contributed by atoms with Crippen LogP contribution in [0.5, 0.6) is 5.75 Å². The van der Waals surface area contributed by atoms with Crippen LogP contribution in [0.3, 0.4) is 0 Å². The van der Waals surface area contributed by atoms with Crippen LogP contribution in [0.2, 0.25) is 0 Å². The van der Waals surface area contributed by atoms with Crippen LogP contribution in [-0.2, 0) is 9.05 Å². The topological polar surface area (TPSA) is 43.4 Å². The van der Waals surface area contributed by atoms with E-state index in [9.17, 15) is 12.8 Å². The predicted octanol–water partition coefficient (Wildman–Crippen LogP) is 3.71. The Hall–Kier alpha value is -0.810. The van der Waals surface area contributed by atoms with Crippen molar-refractivity contribution in [3.63, 3.8) is 0 Å². The Bertz CT molecular complexity index is 488. The molecule has 0 amide bonds. The highest BCUT2D eigenvalue weighted by molar-refractivity contribution is 8.13. The van der Waals surface area contributed by atoms with Gasteiger partial charge in [-0.3, -0.25) is 0 Å². The van der Waals surface area contributed by atoms with Gasteiger partial charge in [0.25, 0.3) is 9.05 Å². The van der Waals surface area contributed by atoms with Gasteiger partial charge < -0.3 is 4.74 Å². The Kier molecular flexibility index (Phi) is 5.88. The van der Waals surface area contributed by atoms with Crippen LogP contribution < -0.4 is 4.74 Å². The second kappa shape index (κ2) is 6.95. The maximum Gasteiger partial charge on any atom is 0.261 e. The van der Waals surface area contributed by atoms with Crippen LogP contribution in [0.4, 0.5) is 4.39 Å². The standard InChI is InChI=1S/C12H16ClFO3S/c1-2-3-4-5-8-17-12-7-6-10(9-11(12)14)18(13,15)16/h6-7,9H,2-5,8H2,1H3. The lowest BCUT2D eigenvalue weighted by Crippen LogP contribution is -2.00. The largest absolute Gasteiger partial charge is 0.491 e. The molecule has 18 heavy (non-hydrogen) atoms. The minimum absolute atomic E-state index is 0.0514. The van der Waals surface area contributed by atoms with Gasteiger partial charge >= 0.3 is 0 Å². The molecule has 0 saturated carbocycles. The first-order chi connectivity index (χ1) is 8.45. The first-order valence-corrected chi connectivity index (χ1v) is 8.13. The van der Waals surface area contributed by atoms with Crippen molar-refractivity contribution in [3.05, 3.63) is 24.0 Å². The zero-order chi connectivity index (χ0) is 13.6. The maximum atomic E-state index is 13.5. The Morgan fingerprint density at radius 1 is 1.28 bits per heavy atom. The maximum absolute atomic E-state index is 13.5. The first-order valence-electron chi connectivity index (χ1n) is 5.82. The zero-order valence-corrected chi connectivity index (χ0v) is 11.7. The lowest BCUT2D eigenvalue weighted by atomic mass is 10.2. The molecule has 6 heteroatoms. The van der Waals surface area contributed by atoms with Crippen LogP contribution in [0.25, 0.3) is 0 Å². The summed E-state index contributed by atoms with van der Waals surface area (Å²) in [5.74, 6) is -0.664. The molecule has 0 aromatic heterocycles. The van der Waals surface area contributed by atoms with Gasteiger partial charge in [0.1, 0.15) is 0 Å². The molecule has 0 saturated heterocycles. The normalized spacial score (nSPS) is 11.5. The third kappa shape index (κ3) is 4.82. The molecular weight excluding hydrogens is 279 g/mol. The van der Waals surface area contributed by atoms with E-state index < -0.39 is 14.9 Å². The van der Waals surface area contributed by atoms with Gasteiger partial charge in [0, 0.05) is 10.7 Å². The fourth-order valence-corrected chi connectivity index (χ4v) is 2.22. The highest BCUT2D eigenvalue weighted by atomic mass is 35.7. The van der Waals surface area contributed by atoms with E-state index in [1.165, 1.54) is 12.1 Å². The van der Waals surface area contributed by atoms with Crippen LogP contribution in [0, 0.1) is 5.82 Å². The van der Waals surface area contributed by atoms with Crippen molar-refractivity contribution in [2.75, 3.05) is 6.61 Å². The molecule has 0 N–H and O–H groups in total. The van der Waals surface area contributed by atoms with Gasteiger partial charge in [-0.1, -0.05) is 26.2 Å². The molecule has 102 valence electrons. The summed E-state index contributed by atoms with van der Waals surface area (Å²) in [6.45, 7) is 2.52. The molecule has 0 heterocycles. The van der Waals surface area contributed by atoms with E-state index in [-0.39, 0.29) is 10.6 Å². The van der Waals surface area contributed by atoms with Gasteiger partial charge in [-0.15, -0.1) is 0 Å². The fourth-order valence-electron chi connectivity index (χ4n) is 1.46. The lowest BCUT2D eigenvalue weighted by Gasteiger charge is -2.07. The minimum atomic E-state index is -3.90. The third-order valence-corrected chi connectivity index (χ3v) is 3.79. The summed E-state index contributed by atoms with van der Waals surface area (Å²) in [5, 5.41) is 0. The number of hydrogen-bond acceptors (Lipinski definition) is 3. The van der Waals surface area contributed by atoms with Crippen LogP contribution >= 0.6 is 10.7 Å². The average Bonchev–Trinajstić information content (AvgIpc) is 2.29. The third-order valence-electron chi connectivity index (χ3n) is 2.44. The molecule has 0 bridgehead atoms. The van der Waals surface area contributed by atoms with Crippen LogP contribution in [0.1, 0.15) is 32.6 Å². The lowest BCUT2D eigenvalue weighted by molar-refractivity contribution is 0.290. The summed E-state index contributed by atoms with van der Waals surface area (Å²) in [4.78, 5) is -0.264. The van der Waals surface area contributed by atoms with Crippen molar-refractivity contribution < 1.29 is 17.5 Å². The number of benzene rings is 1. The molecular formula is C12H16ClFO3S. The highest BCUT2D eigenvalue weighted by Crippen LogP contribution is 2.23. The molecule has 0 spiro atoms. The number of hydrogen-bond donors (Lipinski definition) is 0. The van der Waals surface area contributed by atoms with E-state index >= 15 is 0 Å². The molecule has 1 aromatic rings. The summed E-state index contributed by atoms with van der Waals surface area (Å²) in [7, 11) is 1.21. The summed E-state index contributed by atoms with van der Waals surface area (Å²) in [6, 6.07) is 3.38. The van der Waals surface area contributed by atoms with Crippen molar-refractivity contribution in [2.45, 2.75) is 37.5 Å². The smallest absolute Gasteiger partial charge is 0.261 e. The monoisotopic (exact) mass is 294 g/mol. The van der Waals surface area contributed by atoms with E-state index in [4.69, 9.17) is 15.4 Å². The number of ether oxygens (including phenoxy) is 1. The second-order valence-corrected chi connectivity index (χ2v) is 6.51. The average molecular weight is 295 g/mol. The molecule has 0 fully saturated rings. The SMILES string of the molecule is CCCCCCOc1ccc(S(=O)(=O)Cl)cc1F. The van der Waals surface area contributed by atoms with E-state index in [1.807, 2.05) is 0 Å². The Morgan fingerprint density at radius 3 is 2.56 bits per heavy atom. The molecule has 0 radical (unpaired) electrons. The molecule has 0 aliphatic heterocycles. The van der Waals surface area contributed by atoms with Gasteiger partial charge in [-0.2, -0.15) is 0 Å². The van der Waals surface area contributed by atoms with Gasteiger partial charge in [-0.05, 0) is 24.6 Å².